The molecule has 0 radical (unpaired) electrons. The molecule has 8 heteroatoms. The topological polar surface area (TPSA) is 95.1 Å². The molecule has 172 valence electrons. The first-order valence-corrected chi connectivity index (χ1v) is 11.2. The third kappa shape index (κ3) is 9.72. The van der Waals surface area contributed by atoms with Gasteiger partial charge in [-0.05, 0) is 64.7 Å². The van der Waals surface area contributed by atoms with Crippen LogP contribution in [0.4, 0.5) is 10.5 Å². The van der Waals surface area contributed by atoms with Gasteiger partial charge < -0.3 is 20.3 Å². The molecule has 1 aliphatic rings. The van der Waals surface area contributed by atoms with Crippen molar-refractivity contribution in [2.45, 2.75) is 59.0 Å². The largest absolute Gasteiger partial charge is 0.444 e. The molecule has 31 heavy (non-hydrogen) atoms. The molecule has 8 nitrogen and oxygen atoms in total. The summed E-state index contributed by atoms with van der Waals surface area (Å²) in [6.07, 6.45) is 3.01. The van der Waals surface area contributed by atoms with Crippen molar-refractivity contribution in [1.29, 1.82) is 0 Å². The molecule has 0 saturated carbocycles. The highest BCUT2D eigenvalue weighted by Crippen LogP contribution is 2.13. The van der Waals surface area contributed by atoms with E-state index in [9.17, 15) is 9.59 Å². The maximum absolute atomic E-state index is 12.1. The third-order valence-electron chi connectivity index (χ3n) is 4.70. The Morgan fingerprint density at radius 1 is 1.10 bits per heavy atom. The monoisotopic (exact) mass is 431 g/mol. The van der Waals surface area contributed by atoms with Crippen molar-refractivity contribution < 1.29 is 14.3 Å². The number of benzene rings is 1. The number of likely N-dealkylation sites (tertiary alicyclic amines) is 1. The van der Waals surface area contributed by atoms with Gasteiger partial charge in [-0.2, -0.15) is 0 Å². The van der Waals surface area contributed by atoms with E-state index in [1.54, 1.807) is 0 Å². The van der Waals surface area contributed by atoms with Gasteiger partial charge in [0.1, 0.15) is 5.60 Å². The highest BCUT2D eigenvalue weighted by molar-refractivity contribution is 5.84. The Labute approximate surface area is 185 Å². The smallest absolute Gasteiger partial charge is 0.412 e. The Kier molecular flexibility index (Phi) is 9.62. The lowest BCUT2D eigenvalue weighted by molar-refractivity contribution is -0.129. The van der Waals surface area contributed by atoms with Crippen LogP contribution >= 0.6 is 0 Å². The van der Waals surface area contributed by atoms with Crippen LogP contribution in [-0.4, -0.2) is 61.2 Å². The van der Waals surface area contributed by atoms with Crippen molar-refractivity contribution in [3.63, 3.8) is 0 Å². The minimum absolute atomic E-state index is 0.192. The first-order chi connectivity index (χ1) is 14.8. The van der Waals surface area contributed by atoms with Crippen LogP contribution in [0.1, 0.15) is 52.5 Å². The second-order valence-electron chi connectivity index (χ2n) is 8.60. The van der Waals surface area contributed by atoms with Gasteiger partial charge in [0, 0.05) is 38.3 Å². The molecule has 1 aromatic carbocycles. The summed E-state index contributed by atoms with van der Waals surface area (Å²) in [6, 6.07) is 7.69. The summed E-state index contributed by atoms with van der Waals surface area (Å²) < 4.78 is 5.26. The number of ether oxygens (including phenoxy) is 1. The van der Waals surface area contributed by atoms with E-state index in [0.29, 0.717) is 25.2 Å². The van der Waals surface area contributed by atoms with Crippen molar-refractivity contribution in [3.05, 3.63) is 29.8 Å². The van der Waals surface area contributed by atoms with Crippen molar-refractivity contribution >= 4 is 23.6 Å². The SMILES string of the molecule is CCNC(=NCCC(=O)N1CCCC1)NCCc1ccc(NC(=O)OC(C)(C)C)cc1. The lowest BCUT2D eigenvalue weighted by atomic mass is 10.1. The average molecular weight is 432 g/mol. The van der Waals surface area contributed by atoms with E-state index in [4.69, 9.17) is 4.74 Å². The first kappa shape index (κ1) is 24.5. The fourth-order valence-corrected chi connectivity index (χ4v) is 3.23. The number of nitrogens with zero attached hydrogens (tertiary/aromatic N) is 2. The summed E-state index contributed by atoms with van der Waals surface area (Å²) in [5.74, 6) is 0.914. The molecule has 0 aromatic heterocycles. The van der Waals surface area contributed by atoms with Crippen LogP contribution in [0, 0.1) is 0 Å². The van der Waals surface area contributed by atoms with E-state index < -0.39 is 11.7 Å². The zero-order chi connectivity index (χ0) is 22.7. The molecule has 3 N–H and O–H groups in total. The molecule has 1 fully saturated rings. The zero-order valence-electron chi connectivity index (χ0n) is 19.3. The predicted octanol–water partition coefficient (Wildman–Crippen LogP) is 3.14. The van der Waals surface area contributed by atoms with Gasteiger partial charge in [0.05, 0.1) is 6.54 Å². The standard InChI is InChI=1S/C23H37N5O3/c1-5-24-21(26-15-13-20(29)28-16-6-7-17-28)25-14-12-18-8-10-19(11-9-18)27-22(30)31-23(2,3)4/h8-11H,5-7,12-17H2,1-4H3,(H,27,30)(H2,24,25,26). The molecule has 1 heterocycles. The van der Waals surface area contributed by atoms with Gasteiger partial charge in [-0.15, -0.1) is 0 Å². The van der Waals surface area contributed by atoms with Crippen LogP contribution in [-0.2, 0) is 16.0 Å². The lowest BCUT2D eigenvalue weighted by Crippen LogP contribution is -2.38. The number of hydrogen-bond acceptors (Lipinski definition) is 4. The van der Waals surface area contributed by atoms with Gasteiger partial charge in [-0.3, -0.25) is 15.1 Å². The molecule has 0 unspecified atom stereocenters. The van der Waals surface area contributed by atoms with Crippen molar-refractivity contribution in [1.82, 2.24) is 15.5 Å². The molecular formula is C23H37N5O3. The molecule has 1 aromatic rings. The summed E-state index contributed by atoms with van der Waals surface area (Å²) >= 11 is 0. The third-order valence-corrected chi connectivity index (χ3v) is 4.70. The summed E-state index contributed by atoms with van der Waals surface area (Å²) in [4.78, 5) is 30.4. The second-order valence-corrected chi connectivity index (χ2v) is 8.60. The second kappa shape index (κ2) is 12.2. The van der Waals surface area contributed by atoms with E-state index in [1.165, 1.54) is 0 Å². The van der Waals surface area contributed by atoms with Crippen LogP contribution in [0.5, 0.6) is 0 Å². The van der Waals surface area contributed by atoms with Crippen LogP contribution in [0.25, 0.3) is 0 Å². The Hall–Kier alpha value is -2.77. The first-order valence-electron chi connectivity index (χ1n) is 11.2. The Morgan fingerprint density at radius 3 is 2.39 bits per heavy atom. The highest BCUT2D eigenvalue weighted by Gasteiger charge is 2.17. The minimum atomic E-state index is -0.525. The summed E-state index contributed by atoms with van der Waals surface area (Å²) in [5.41, 5.74) is 1.31. The average Bonchev–Trinajstić information content (AvgIpc) is 3.23. The van der Waals surface area contributed by atoms with Crippen molar-refractivity contribution in [2.75, 3.05) is 38.0 Å². The number of aliphatic imine (C=N–C) groups is 1. The molecule has 2 rings (SSSR count). The molecule has 0 aliphatic carbocycles. The Balaban J connectivity index is 1.74. The van der Waals surface area contributed by atoms with Gasteiger partial charge in [0.25, 0.3) is 0 Å². The van der Waals surface area contributed by atoms with Crippen LogP contribution in [0.15, 0.2) is 29.3 Å². The van der Waals surface area contributed by atoms with Crippen molar-refractivity contribution in [2.24, 2.45) is 4.99 Å². The lowest BCUT2D eigenvalue weighted by Gasteiger charge is -2.19. The fraction of sp³-hybridized carbons (Fsp3) is 0.609. The van der Waals surface area contributed by atoms with E-state index in [0.717, 1.165) is 50.4 Å². The van der Waals surface area contributed by atoms with Crippen LogP contribution in [0.2, 0.25) is 0 Å². The quantitative estimate of drug-likeness (QED) is 0.434. The highest BCUT2D eigenvalue weighted by atomic mass is 16.6. The van der Waals surface area contributed by atoms with E-state index >= 15 is 0 Å². The number of carbonyl (C=O) groups excluding carboxylic acids is 2. The van der Waals surface area contributed by atoms with Gasteiger partial charge >= 0.3 is 6.09 Å². The van der Waals surface area contributed by atoms with Crippen LogP contribution in [0.3, 0.4) is 0 Å². The number of rotatable bonds is 8. The maximum Gasteiger partial charge on any atom is 0.412 e. The van der Waals surface area contributed by atoms with Crippen molar-refractivity contribution in [3.8, 4) is 0 Å². The normalized spacial score (nSPS) is 14.3. The van der Waals surface area contributed by atoms with Crippen LogP contribution < -0.4 is 16.0 Å². The van der Waals surface area contributed by atoms with E-state index in [-0.39, 0.29) is 5.91 Å². The maximum atomic E-state index is 12.1. The molecule has 1 aliphatic heterocycles. The number of carbonyl (C=O) groups is 2. The molecule has 0 spiro atoms. The Morgan fingerprint density at radius 2 is 1.77 bits per heavy atom. The molecule has 0 bridgehead atoms. The van der Waals surface area contributed by atoms with Gasteiger partial charge in [-0.1, -0.05) is 12.1 Å². The van der Waals surface area contributed by atoms with Gasteiger partial charge in [0.15, 0.2) is 5.96 Å². The van der Waals surface area contributed by atoms with E-state index in [2.05, 4.69) is 20.9 Å². The summed E-state index contributed by atoms with van der Waals surface area (Å²) in [7, 11) is 0. The molecule has 0 atom stereocenters. The fourth-order valence-electron chi connectivity index (χ4n) is 3.23. The number of hydrogen-bond donors (Lipinski definition) is 3. The number of amides is 2. The summed E-state index contributed by atoms with van der Waals surface area (Å²) in [5, 5.41) is 9.26. The minimum Gasteiger partial charge on any atom is -0.444 e. The van der Waals surface area contributed by atoms with Gasteiger partial charge in [-0.25, -0.2) is 4.79 Å². The number of guanidine groups is 1. The molecular weight excluding hydrogens is 394 g/mol. The summed E-state index contributed by atoms with van der Waals surface area (Å²) in [6.45, 7) is 11.2. The number of nitrogens with one attached hydrogen (secondary N) is 3. The molecule has 2 amide bonds. The van der Waals surface area contributed by atoms with E-state index in [1.807, 2.05) is 56.9 Å². The zero-order valence-corrected chi connectivity index (χ0v) is 19.3. The predicted molar refractivity (Wildman–Crippen MR) is 124 cm³/mol. The van der Waals surface area contributed by atoms with Gasteiger partial charge in [0.2, 0.25) is 5.91 Å². The number of anilines is 1. The molecule has 1 saturated heterocycles. The Bertz CT molecular complexity index is 735.